The number of amides is 3. The Morgan fingerprint density at radius 2 is 1.54 bits per heavy atom. The molecule has 0 aliphatic carbocycles. The van der Waals surface area contributed by atoms with Gasteiger partial charge in [0.05, 0.1) is 21.3 Å². The number of ether oxygens (including phenoxy) is 3. The molecule has 2 aromatic rings. The Kier molecular flexibility index (Phi) is 7.65. The lowest BCUT2D eigenvalue weighted by molar-refractivity contribution is -0.122. The van der Waals surface area contributed by atoms with Gasteiger partial charge in [0.1, 0.15) is 11.8 Å². The average molecular weight is 387 g/mol. The minimum Gasteiger partial charge on any atom is -0.496 e. The normalized spacial score (nSPS) is 11.3. The van der Waals surface area contributed by atoms with E-state index in [4.69, 9.17) is 14.2 Å². The topological polar surface area (TPSA) is 97.9 Å². The highest BCUT2D eigenvalue weighted by Gasteiger charge is 2.22. The lowest BCUT2D eigenvalue weighted by atomic mass is 10.1. The van der Waals surface area contributed by atoms with Gasteiger partial charge < -0.3 is 19.5 Å². The third kappa shape index (κ3) is 5.14. The predicted molar refractivity (Wildman–Crippen MR) is 105 cm³/mol. The first-order valence-electron chi connectivity index (χ1n) is 8.63. The van der Waals surface area contributed by atoms with Crippen molar-refractivity contribution in [3.05, 3.63) is 53.6 Å². The fourth-order valence-corrected chi connectivity index (χ4v) is 2.70. The molecule has 2 rings (SSSR count). The SMILES string of the molecule is CNC(=O)NC(=O)[C@H](NCc1cc(OC)c(OC)cc1OC)c1ccccc1. The van der Waals surface area contributed by atoms with Gasteiger partial charge in [-0.25, -0.2) is 4.79 Å². The van der Waals surface area contributed by atoms with Crippen LogP contribution >= 0.6 is 0 Å². The second kappa shape index (κ2) is 10.2. The molecule has 0 aliphatic rings. The molecular formula is C20H25N3O5. The fraction of sp³-hybridized carbons (Fsp3) is 0.300. The molecule has 0 bridgehead atoms. The number of imide groups is 1. The van der Waals surface area contributed by atoms with Gasteiger partial charge in [-0.15, -0.1) is 0 Å². The number of rotatable bonds is 8. The van der Waals surface area contributed by atoms with E-state index in [2.05, 4.69) is 16.0 Å². The molecule has 0 aliphatic heterocycles. The molecule has 3 N–H and O–H groups in total. The Labute approximate surface area is 164 Å². The summed E-state index contributed by atoms with van der Waals surface area (Å²) in [6.45, 7) is 0.296. The zero-order valence-electron chi connectivity index (χ0n) is 16.4. The van der Waals surface area contributed by atoms with Crippen LogP contribution in [0.2, 0.25) is 0 Å². The molecule has 0 fully saturated rings. The van der Waals surface area contributed by atoms with E-state index < -0.39 is 18.0 Å². The van der Waals surface area contributed by atoms with Gasteiger partial charge in [0, 0.05) is 25.2 Å². The number of benzene rings is 2. The second-order valence-corrected chi connectivity index (χ2v) is 5.81. The van der Waals surface area contributed by atoms with Crippen molar-refractivity contribution >= 4 is 11.9 Å². The summed E-state index contributed by atoms with van der Waals surface area (Å²) in [6, 6.07) is 11.3. The highest BCUT2D eigenvalue weighted by molar-refractivity contribution is 5.97. The standard InChI is InChI=1S/C20H25N3O5/c1-21-20(25)23-19(24)18(13-8-6-5-7-9-13)22-12-14-10-16(27-3)17(28-4)11-15(14)26-2/h5-11,18,22H,12H2,1-4H3,(H2,21,23,24,25)/t18-/m1/s1. The van der Waals surface area contributed by atoms with Crippen LogP contribution in [-0.4, -0.2) is 40.3 Å². The average Bonchev–Trinajstić information content (AvgIpc) is 2.73. The molecular weight excluding hydrogens is 362 g/mol. The maximum Gasteiger partial charge on any atom is 0.321 e. The number of carbonyl (C=O) groups is 2. The molecule has 150 valence electrons. The van der Waals surface area contributed by atoms with Gasteiger partial charge in [-0.1, -0.05) is 30.3 Å². The maximum atomic E-state index is 12.6. The molecule has 8 heteroatoms. The van der Waals surface area contributed by atoms with Crippen LogP contribution in [0.25, 0.3) is 0 Å². The lowest BCUT2D eigenvalue weighted by Gasteiger charge is -2.20. The van der Waals surface area contributed by atoms with Gasteiger partial charge in [-0.3, -0.25) is 15.4 Å². The molecule has 0 saturated heterocycles. The highest BCUT2D eigenvalue weighted by Crippen LogP contribution is 2.34. The minimum atomic E-state index is -0.740. The minimum absolute atomic E-state index is 0.296. The Morgan fingerprint density at radius 3 is 2.11 bits per heavy atom. The number of hydrogen-bond donors (Lipinski definition) is 3. The molecule has 1 atom stereocenters. The van der Waals surface area contributed by atoms with Crippen molar-refractivity contribution in [3.63, 3.8) is 0 Å². The van der Waals surface area contributed by atoms with Gasteiger partial charge in [-0.05, 0) is 11.6 Å². The monoisotopic (exact) mass is 387 g/mol. The fourth-order valence-electron chi connectivity index (χ4n) is 2.70. The molecule has 0 heterocycles. The van der Waals surface area contributed by atoms with Crippen molar-refractivity contribution in [3.8, 4) is 17.2 Å². The summed E-state index contributed by atoms with van der Waals surface area (Å²) in [6.07, 6.45) is 0. The van der Waals surface area contributed by atoms with E-state index in [0.717, 1.165) is 11.1 Å². The van der Waals surface area contributed by atoms with Crippen molar-refractivity contribution in [2.24, 2.45) is 0 Å². The maximum absolute atomic E-state index is 12.6. The van der Waals surface area contributed by atoms with Crippen LogP contribution in [0.1, 0.15) is 17.2 Å². The van der Waals surface area contributed by atoms with Gasteiger partial charge in [-0.2, -0.15) is 0 Å². The van der Waals surface area contributed by atoms with E-state index >= 15 is 0 Å². The molecule has 0 spiro atoms. The van der Waals surface area contributed by atoms with Crippen molar-refractivity contribution in [1.29, 1.82) is 0 Å². The second-order valence-electron chi connectivity index (χ2n) is 5.81. The van der Waals surface area contributed by atoms with E-state index in [1.165, 1.54) is 7.05 Å². The van der Waals surface area contributed by atoms with E-state index in [1.54, 1.807) is 33.5 Å². The number of carbonyl (C=O) groups excluding carboxylic acids is 2. The van der Waals surface area contributed by atoms with Gasteiger partial charge in [0.25, 0.3) is 0 Å². The molecule has 28 heavy (non-hydrogen) atoms. The quantitative estimate of drug-likeness (QED) is 0.641. The highest BCUT2D eigenvalue weighted by atomic mass is 16.5. The molecule has 0 saturated carbocycles. The number of urea groups is 1. The van der Waals surface area contributed by atoms with E-state index in [-0.39, 0.29) is 0 Å². The first-order valence-corrected chi connectivity index (χ1v) is 8.63. The largest absolute Gasteiger partial charge is 0.496 e. The zero-order valence-corrected chi connectivity index (χ0v) is 16.4. The van der Waals surface area contributed by atoms with Crippen molar-refractivity contribution in [2.75, 3.05) is 28.4 Å². The molecule has 8 nitrogen and oxygen atoms in total. The Balaban J connectivity index is 2.28. The molecule has 0 unspecified atom stereocenters. The summed E-state index contributed by atoms with van der Waals surface area (Å²) in [7, 11) is 6.09. The molecule has 2 aromatic carbocycles. The van der Waals surface area contributed by atoms with Crippen molar-refractivity contribution in [1.82, 2.24) is 16.0 Å². The van der Waals surface area contributed by atoms with E-state index in [1.807, 2.05) is 30.3 Å². The van der Waals surface area contributed by atoms with Crippen LogP contribution < -0.4 is 30.2 Å². The zero-order chi connectivity index (χ0) is 20.5. The van der Waals surface area contributed by atoms with Crippen LogP contribution in [-0.2, 0) is 11.3 Å². The number of hydrogen-bond acceptors (Lipinski definition) is 6. The first-order chi connectivity index (χ1) is 13.5. The Hall–Kier alpha value is -3.26. The van der Waals surface area contributed by atoms with Crippen LogP contribution in [0.4, 0.5) is 4.79 Å². The van der Waals surface area contributed by atoms with Crippen molar-refractivity contribution in [2.45, 2.75) is 12.6 Å². The Morgan fingerprint density at radius 1 is 0.929 bits per heavy atom. The summed E-state index contributed by atoms with van der Waals surface area (Å²) in [4.78, 5) is 24.2. The van der Waals surface area contributed by atoms with Crippen molar-refractivity contribution < 1.29 is 23.8 Å². The smallest absolute Gasteiger partial charge is 0.321 e. The van der Waals surface area contributed by atoms with Crippen LogP contribution in [0, 0.1) is 0 Å². The third-order valence-electron chi connectivity index (χ3n) is 4.14. The van der Waals surface area contributed by atoms with Crippen LogP contribution in [0.15, 0.2) is 42.5 Å². The first kappa shape index (κ1) is 21.0. The van der Waals surface area contributed by atoms with E-state index in [0.29, 0.717) is 23.8 Å². The summed E-state index contributed by atoms with van der Waals surface area (Å²) < 4.78 is 16.1. The van der Waals surface area contributed by atoms with Crippen LogP contribution in [0.3, 0.4) is 0 Å². The van der Waals surface area contributed by atoms with Gasteiger partial charge >= 0.3 is 6.03 Å². The number of methoxy groups -OCH3 is 3. The Bertz CT molecular complexity index is 811. The lowest BCUT2D eigenvalue weighted by Crippen LogP contribution is -2.44. The third-order valence-corrected chi connectivity index (χ3v) is 4.14. The molecule has 0 aromatic heterocycles. The summed E-state index contributed by atoms with van der Waals surface area (Å²) in [5.41, 5.74) is 1.50. The van der Waals surface area contributed by atoms with Gasteiger partial charge in [0.2, 0.25) is 5.91 Å². The predicted octanol–water partition coefficient (Wildman–Crippen LogP) is 2.00. The van der Waals surface area contributed by atoms with Gasteiger partial charge in [0.15, 0.2) is 11.5 Å². The summed E-state index contributed by atoms with van der Waals surface area (Å²) in [5.74, 6) is 1.21. The van der Waals surface area contributed by atoms with Crippen LogP contribution in [0.5, 0.6) is 17.2 Å². The summed E-state index contributed by atoms with van der Waals surface area (Å²) in [5, 5.41) is 7.86. The molecule has 0 radical (unpaired) electrons. The van der Waals surface area contributed by atoms with E-state index in [9.17, 15) is 9.59 Å². The number of nitrogens with one attached hydrogen (secondary N) is 3. The summed E-state index contributed by atoms with van der Waals surface area (Å²) >= 11 is 0. The molecule has 3 amide bonds.